The molecule has 2 heterocycles. The summed E-state index contributed by atoms with van der Waals surface area (Å²) in [7, 11) is 0. The lowest BCUT2D eigenvalue weighted by Crippen LogP contribution is -2.21. The van der Waals surface area contributed by atoms with E-state index in [1.165, 1.54) is 0 Å². The van der Waals surface area contributed by atoms with Gasteiger partial charge in [-0.05, 0) is 62.7 Å². The van der Waals surface area contributed by atoms with Gasteiger partial charge in [-0.15, -0.1) is 0 Å². The molecular formula is C23H26N2O4. The number of esters is 1. The molecule has 0 amide bonds. The Morgan fingerprint density at radius 3 is 2.45 bits per heavy atom. The minimum absolute atomic E-state index is 0.299. The second-order valence-electron chi connectivity index (χ2n) is 8.06. The maximum absolute atomic E-state index is 12.2. The first-order valence-electron chi connectivity index (χ1n) is 9.62. The SMILES string of the molecule is CCOC(=O)c1ccc(-n2c(C)cc(C=C3C(=O)ON=C3C(C)(C)C)c2C)cc1. The minimum Gasteiger partial charge on any atom is -0.462 e. The quantitative estimate of drug-likeness (QED) is 0.431. The topological polar surface area (TPSA) is 69.9 Å². The van der Waals surface area contributed by atoms with E-state index in [-0.39, 0.29) is 11.4 Å². The molecule has 0 aliphatic carbocycles. The molecule has 0 bridgehead atoms. The van der Waals surface area contributed by atoms with Crippen LogP contribution in [0.5, 0.6) is 0 Å². The van der Waals surface area contributed by atoms with Gasteiger partial charge in [0, 0.05) is 22.5 Å². The van der Waals surface area contributed by atoms with Crippen molar-refractivity contribution in [1.29, 1.82) is 0 Å². The summed E-state index contributed by atoms with van der Waals surface area (Å²) < 4.78 is 7.12. The second-order valence-corrected chi connectivity index (χ2v) is 8.06. The maximum atomic E-state index is 12.2. The average Bonchev–Trinajstić information content (AvgIpc) is 3.15. The smallest absolute Gasteiger partial charge is 0.367 e. The number of hydrogen-bond donors (Lipinski definition) is 0. The first-order chi connectivity index (χ1) is 13.6. The van der Waals surface area contributed by atoms with Crippen LogP contribution in [0.25, 0.3) is 11.8 Å². The number of carbonyl (C=O) groups excluding carboxylic acids is 2. The van der Waals surface area contributed by atoms with Gasteiger partial charge in [0.1, 0.15) is 5.71 Å². The molecule has 0 fully saturated rings. The van der Waals surface area contributed by atoms with Crippen LogP contribution in [0.15, 0.2) is 41.1 Å². The summed E-state index contributed by atoms with van der Waals surface area (Å²) in [6.45, 7) is 12.1. The fraction of sp³-hybridized carbons (Fsp3) is 0.348. The Balaban J connectivity index is 1.98. The number of hydrogen-bond acceptors (Lipinski definition) is 5. The molecule has 0 N–H and O–H groups in total. The molecule has 6 heteroatoms. The van der Waals surface area contributed by atoms with Crippen LogP contribution in [-0.4, -0.2) is 28.8 Å². The van der Waals surface area contributed by atoms with Crippen LogP contribution in [0.1, 0.15) is 55.0 Å². The van der Waals surface area contributed by atoms with E-state index in [0.29, 0.717) is 23.5 Å². The highest BCUT2D eigenvalue weighted by Gasteiger charge is 2.34. The average molecular weight is 394 g/mol. The van der Waals surface area contributed by atoms with E-state index >= 15 is 0 Å². The molecule has 0 unspecified atom stereocenters. The molecule has 0 atom stereocenters. The summed E-state index contributed by atoms with van der Waals surface area (Å²) in [5.41, 5.74) is 5.18. The highest BCUT2D eigenvalue weighted by atomic mass is 16.7. The van der Waals surface area contributed by atoms with Crippen LogP contribution < -0.4 is 0 Å². The van der Waals surface area contributed by atoms with Gasteiger partial charge in [-0.1, -0.05) is 25.9 Å². The van der Waals surface area contributed by atoms with Gasteiger partial charge in [-0.25, -0.2) is 9.59 Å². The lowest BCUT2D eigenvalue weighted by molar-refractivity contribution is -0.136. The molecule has 29 heavy (non-hydrogen) atoms. The molecule has 1 aromatic heterocycles. The third-order valence-corrected chi connectivity index (χ3v) is 4.81. The van der Waals surface area contributed by atoms with Gasteiger partial charge < -0.3 is 14.1 Å². The summed E-state index contributed by atoms with van der Waals surface area (Å²) in [6.07, 6.45) is 1.84. The number of rotatable bonds is 4. The van der Waals surface area contributed by atoms with E-state index in [0.717, 1.165) is 22.6 Å². The largest absolute Gasteiger partial charge is 0.462 e. The first kappa shape index (κ1) is 20.6. The summed E-state index contributed by atoms with van der Waals surface area (Å²) in [4.78, 5) is 29.0. The molecule has 1 aliphatic heterocycles. The number of carbonyl (C=O) groups is 2. The second kappa shape index (κ2) is 7.70. The zero-order valence-corrected chi connectivity index (χ0v) is 17.7. The Bertz CT molecular complexity index is 1020. The van der Waals surface area contributed by atoms with Crippen LogP contribution in [0.4, 0.5) is 0 Å². The van der Waals surface area contributed by atoms with Crippen LogP contribution >= 0.6 is 0 Å². The van der Waals surface area contributed by atoms with E-state index in [1.807, 2.05) is 58.9 Å². The predicted molar refractivity (Wildman–Crippen MR) is 112 cm³/mol. The molecule has 1 aliphatic rings. The fourth-order valence-corrected chi connectivity index (χ4v) is 3.40. The molecular weight excluding hydrogens is 368 g/mol. The number of aromatic nitrogens is 1. The van der Waals surface area contributed by atoms with Crippen molar-refractivity contribution in [1.82, 2.24) is 4.57 Å². The molecule has 152 valence electrons. The van der Waals surface area contributed by atoms with E-state index in [4.69, 9.17) is 9.57 Å². The van der Waals surface area contributed by atoms with Crippen molar-refractivity contribution in [3.05, 3.63) is 58.4 Å². The van der Waals surface area contributed by atoms with Crippen molar-refractivity contribution in [2.45, 2.75) is 41.5 Å². The standard InChI is InChI=1S/C23H26N2O4/c1-7-28-21(26)16-8-10-18(11-9-16)25-14(2)12-17(15(25)3)13-19-20(23(4,5)6)24-29-22(19)27/h8-13H,7H2,1-6H3. The lowest BCUT2D eigenvalue weighted by atomic mass is 9.85. The van der Waals surface area contributed by atoms with Crippen LogP contribution in [0, 0.1) is 19.3 Å². The molecule has 0 radical (unpaired) electrons. The fourth-order valence-electron chi connectivity index (χ4n) is 3.40. The summed E-state index contributed by atoms with van der Waals surface area (Å²) >= 11 is 0. The van der Waals surface area contributed by atoms with E-state index < -0.39 is 5.97 Å². The highest BCUT2D eigenvalue weighted by molar-refractivity contribution is 6.26. The Labute approximate surface area is 170 Å². The third-order valence-electron chi connectivity index (χ3n) is 4.81. The van der Waals surface area contributed by atoms with Crippen LogP contribution in [0.3, 0.4) is 0 Å². The van der Waals surface area contributed by atoms with Crippen molar-refractivity contribution >= 4 is 23.7 Å². The van der Waals surface area contributed by atoms with E-state index in [2.05, 4.69) is 9.72 Å². The zero-order chi connectivity index (χ0) is 21.3. The molecule has 0 saturated heterocycles. The molecule has 1 aromatic carbocycles. The zero-order valence-electron chi connectivity index (χ0n) is 17.7. The summed E-state index contributed by atoms with van der Waals surface area (Å²) in [5, 5.41) is 3.97. The van der Waals surface area contributed by atoms with Crippen molar-refractivity contribution in [3.63, 3.8) is 0 Å². The maximum Gasteiger partial charge on any atom is 0.367 e. The lowest BCUT2D eigenvalue weighted by Gasteiger charge is -2.16. The van der Waals surface area contributed by atoms with Crippen LogP contribution in [0.2, 0.25) is 0 Å². The summed E-state index contributed by atoms with van der Waals surface area (Å²) in [6, 6.07) is 9.30. The number of ether oxygens (including phenoxy) is 1. The minimum atomic E-state index is -0.432. The molecule has 3 rings (SSSR count). The summed E-state index contributed by atoms with van der Waals surface area (Å²) in [5.74, 6) is -0.766. The number of oxime groups is 1. The van der Waals surface area contributed by atoms with Crippen molar-refractivity contribution in [2.24, 2.45) is 10.6 Å². The molecule has 2 aromatic rings. The van der Waals surface area contributed by atoms with Crippen LogP contribution in [-0.2, 0) is 14.4 Å². The number of benzene rings is 1. The Kier molecular flexibility index (Phi) is 5.46. The van der Waals surface area contributed by atoms with Gasteiger partial charge in [0.05, 0.1) is 17.7 Å². The normalized spacial score (nSPS) is 15.4. The Hall–Kier alpha value is -3.15. The number of aryl methyl sites for hydroxylation is 1. The van der Waals surface area contributed by atoms with Gasteiger partial charge in [-0.3, -0.25) is 0 Å². The predicted octanol–water partition coefficient (Wildman–Crippen LogP) is 4.61. The van der Waals surface area contributed by atoms with Crippen molar-refractivity contribution in [3.8, 4) is 5.69 Å². The van der Waals surface area contributed by atoms with E-state index in [1.54, 1.807) is 19.1 Å². The molecule has 0 saturated carbocycles. The Morgan fingerprint density at radius 2 is 1.86 bits per heavy atom. The van der Waals surface area contributed by atoms with Gasteiger partial charge in [-0.2, -0.15) is 0 Å². The van der Waals surface area contributed by atoms with Gasteiger partial charge in [0.15, 0.2) is 0 Å². The molecule has 0 spiro atoms. The van der Waals surface area contributed by atoms with Gasteiger partial charge in [0.25, 0.3) is 0 Å². The third kappa shape index (κ3) is 4.01. The number of nitrogens with zero attached hydrogens (tertiary/aromatic N) is 2. The first-order valence-corrected chi connectivity index (χ1v) is 9.62. The van der Waals surface area contributed by atoms with Crippen molar-refractivity contribution < 1.29 is 19.2 Å². The Morgan fingerprint density at radius 1 is 1.21 bits per heavy atom. The highest BCUT2D eigenvalue weighted by Crippen LogP contribution is 2.30. The van der Waals surface area contributed by atoms with Gasteiger partial charge >= 0.3 is 11.9 Å². The monoisotopic (exact) mass is 394 g/mol. The molecule has 6 nitrogen and oxygen atoms in total. The van der Waals surface area contributed by atoms with Crippen molar-refractivity contribution in [2.75, 3.05) is 6.61 Å². The van der Waals surface area contributed by atoms with E-state index in [9.17, 15) is 9.59 Å². The van der Waals surface area contributed by atoms with Gasteiger partial charge in [0.2, 0.25) is 0 Å².